The first-order valence-electron chi connectivity index (χ1n) is 9.34. The van der Waals surface area contributed by atoms with Gasteiger partial charge in [0.25, 0.3) is 11.5 Å². The average molecular weight is 400 g/mol. The number of carbonyl (C=O) groups excluding carboxylic acids is 2. The Balaban J connectivity index is 1.85. The van der Waals surface area contributed by atoms with Gasteiger partial charge in [0.2, 0.25) is 0 Å². The summed E-state index contributed by atoms with van der Waals surface area (Å²) in [5, 5.41) is 2.70. The summed E-state index contributed by atoms with van der Waals surface area (Å²) in [6.07, 6.45) is 3.54. The predicted molar refractivity (Wildman–Crippen MR) is 107 cm³/mol. The van der Waals surface area contributed by atoms with Gasteiger partial charge in [-0.2, -0.15) is 0 Å². The number of ether oxygens (including phenoxy) is 3. The van der Waals surface area contributed by atoms with Crippen LogP contribution in [0.5, 0.6) is 5.75 Å². The maximum absolute atomic E-state index is 12.9. The standard InChI is InChI=1S/C21H24N2O6/c1-13-8-9-23(12-15-5-4-10-29-15)20(25)18(13)19(24)22-14-6-7-16(21(26)28-3)17(11-14)27-2/h6-9,11,15H,4-5,10,12H2,1-3H3,(H,22,24). The Labute approximate surface area is 168 Å². The molecule has 0 radical (unpaired) electrons. The molecule has 1 amide bonds. The van der Waals surface area contributed by atoms with E-state index >= 15 is 0 Å². The fraction of sp³-hybridized carbons (Fsp3) is 0.381. The van der Waals surface area contributed by atoms with Crippen molar-refractivity contribution in [2.45, 2.75) is 32.4 Å². The van der Waals surface area contributed by atoms with Gasteiger partial charge >= 0.3 is 5.97 Å². The SMILES string of the molecule is COC(=O)c1ccc(NC(=O)c2c(C)ccn(CC3CCCO3)c2=O)cc1OC. The Bertz CT molecular complexity index is 976. The summed E-state index contributed by atoms with van der Waals surface area (Å²) in [7, 11) is 2.69. The molecule has 154 valence electrons. The summed E-state index contributed by atoms with van der Waals surface area (Å²) >= 11 is 0. The topological polar surface area (TPSA) is 95.9 Å². The van der Waals surface area contributed by atoms with E-state index < -0.39 is 11.9 Å². The van der Waals surface area contributed by atoms with E-state index in [2.05, 4.69) is 5.32 Å². The first-order chi connectivity index (χ1) is 13.9. The number of aryl methyl sites for hydroxylation is 1. The molecular formula is C21H24N2O6. The van der Waals surface area contributed by atoms with E-state index in [0.29, 0.717) is 24.4 Å². The second-order valence-electron chi connectivity index (χ2n) is 6.83. The lowest BCUT2D eigenvalue weighted by atomic mass is 10.1. The van der Waals surface area contributed by atoms with Gasteiger partial charge in [0.1, 0.15) is 16.9 Å². The number of aromatic nitrogens is 1. The number of rotatable bonds is 6. The second-order valence-corrected chi connectivity index (χ2v) is 6.83. The van der Waals surface area contributed by atoms with E-state index in [-0.39, 0.29) is 28.5 Å². The van der Waals surface area contributed by atoms with E-state index in [9.17, 15) is 14.4 Å². The smallest absolute Gasteiger partial charge is 0.341 e. The number of nitrogens with one attached hydrogen (secondary N) is 1. The van der Waals surface area contributed by atoms with Gasteiger partial charge in [0.15, 0.2) is 0 Å². The molecule has 1 N–H and O–H groups in total. The van der Waals surface area contributed by atoms with Gasteiger partial charge in [-0.25, -0.2) is 4.79 Å². The molecule has 0 saturated carbocycles. The zero-order chi connectivity index (χ0) is 21.0. The van der Waals surface area contributed by atoms with Crippen LogP contribution in [-0.2, 0) is 16.0 Å². The normalized spacial score (nSPS) is 15.8. The fourth-order valence-electron chi connectivity index (χ4n) is 3.33. The zero-order valence-corrected chi connectivity index (χ0v) is 16.7. The van der Waals surface area contributed by atoms with Crippen molar-refractivity contribution >= 4 is 17.6 Å². The minimum absolute atomic E-state index is 0.0126. The van der Waals surface area contributed by atoms with Gasteiger partial charge in [-0.1, -0.05) is 0 Å². The number of benzene rings is 1. The highest BCUT2D eigenvalue weighted by Crippen LogP contribution is 2.24. The average Bonchev–Trinajstić information content (AvgIpc) is 3.22. The van der Waals surface area contributed by atoms with Gasteiger partial charge < -0.3 is 24.1 Å². The molecule has 1 saturated heterocycles. The number of anilines is 1. The fourth-order valence-corrected chi connectivity index (χ4v) is 3.33. The molecule has 1 aliphatic rings. The molecule has 8 heteroatoms. The van der Waals surface area contributed by atoms with E-state index in [1.807, 2.05) is 0 Å². The van der Waals surface area contributed by atoms with Crippen molar-refractivity contribution in [3.8, 4) is 5.75 Å². The van der Waals surface area contributed by atoms with Crippen LogP contribution < -0.4 is 15.6 Å². The second kappa shape index (κ2) is 8.91. The highest BCUT2D eigenvalue weighted by molar-refractivity contribution is 6.05. The van der Waals surface area contributed by atoms with E-state index in [0.717, 1.165) is 12.8 Å². The van der Waals surface area contributed by atoms with Gasteiger partial charge in [0.05, 0.1) is 26.9 Å². The minimum atomic E-state index is -0.546. The molecule has 1 aromatic heterocycles. The molecule has 8 nitrogen and oxygen atoms in total. The van der Waals surface area contributed by atoms with Gasteiger partial charge in [-0.15, -0.1) is 0 Å². The van der Waals surface area contributed by atoms with Crippen LogP contribution in [0.15, 0.2) is 35.3 Å². The Morgan fingerprint density at radius 1 is 1.28 bits per heavy atom. The van der Waals surface area contributed by atoms with Crippen LogP contribution in [0.25, 0.3) is 0 Å². The molecule has 3 rings (SSSR count). The Morgan fingerprint density at radius 2 is 2.07 bits per heavy atom. The van der Waals surface area contributed by atoms with Gasteiger partial charge in [-0.05, 0) is 43.5 Å². The van der Waals surface area contributed by atoms with Crippen LogP contribution in [0.1, 0.15) is 39.1 Å². The lowest BCUT2D eigenvalue weighted by Gasteiger charge is -2.15. The first kappa shape index (κ1) is 20.6. The van der Waals surface area contributed by atoms with Crippen molar-refractivity contribution < 1.29 is 23.8 Å². The number of esters is 1. The Hall–Kier alpha value is -3.13. The molecule has 1 aliphatic heterocycles. The lowest BCUT2D eigenvalue weighted by molar-refractivity contribution is 0.0597. The number of carbonyl (C=O) groups is 2. The molecule has 2 heterocycles. The van der Waals surface area contributed by atoms with Crippen molar-refractivity contribution in [2.75, 3.05) is 26.1 Å². The largest absolute Gasteiger partial charge is 0.496 e. The molecule has 0 aliphatic carbocycles. The highest BCUT2D eigenvalue weighted by atomic mass is 16.5. The van der Waals surface area contributed by atoms with Crippen LogP contribution in [0.2, 0.25) is 0 Å². The third-order valence-corrected chi connectivity index (χ3v) is 4.89. The maximum atomic E-state index is 12.9. The summed E-state index contributed by atoms with van der Waals surface area (Å²) in [6, 6.07) is 6.29. The van der Waals surface area contributed by atoms with Crippen LogP contribution in [0.3, 0.4) is 0 Å². The number of methoxy groups -OCH3 is 2. The molecule has 0 spiro atoms. The zero-order valence-electron chi connectivity index (χ0n) is 16.7. The van der Waals surface area contributed by atoms with Gasteiger partial charge in [0, 0.05) is 24.6 Å². The maximum Gasteiger partial charge on any atom is 0.341 e. The molecular weight excluding hydrogens is 376 g/mol. The van der Waals surface area contributed by atoms with Gasteiger partial charge in [-0.3, -0.25) is 9.59 Å². The minimum Gasteiger partial charge on any atom is -0.496 e. The number of nitrogens with zero attached hydrogens (tertiary/aromatic N) is 1. The monoisotopic (exact) mass is 400 g/mol. The molecule has 1 aromatic carbocycles. The number of hydrogen-bond acceptors (Lipinski definition) is 6. The van der Waals surface area contributed by atoms with Crippen LogP contribution in [0.4, 0.5) is 5.69 Å². The van der Waals surface area contributed by atoms with E-state index in [4.69, 9.17) is 14.2 Å². The van der Waals surface area contributed by atoms with Crippen molar-refractivity contribution in [1.29, 1.82) is 0 Å². The molecule has 1 unspecified atom stereocenters. The van der Waals surface area contributed by atoms with Crippen molar-refractivity contribution in [1.82, 2.24) is 4.57 Å². The first-order valence-corrected chi connectivity index (χ1v) is 9.34. The summed E-state index contributed by atoms with van der Waals surface area (Å²) in [5.74, 6) is -0.812. The van der Waals surface area contributed by atoms with Crippen molar-refractivity contribution in [3.63, 3.8) is 0 Å². The lowest BCUT2D eigenvalue weighted by Crippen LogP contribution is -2.32. The van der Waals surface area contributed by atoms with Crippen LogP contribution in [0, 0.1) is 6.92 Å². The number of amides is 1. The summed E-state index contributed by atoms with van der Waals surface area (Å²) in [4.78, 5) is 37.5. The molecule has 0 bridgehead atoms. The summed E-state index contributed by atoms with van der Waals surface area (Å²) < 4.78 is 17.0. The molecule has 2 aromatic rings. The quantitative estimate of drug-likeness (QED) is 0.748. The van der Waals surface area contributed by atoms with E-state index in [1.54, 1.807) is 25.3 Å². The third-order valence-electron chi connectivity index (χ3n) is 4.89. The van der Waals surface area contributed by atoms with Crippen molar-refractivity contribution in [2.24, 2.45) is 0 Å². The molecule has 29 heavy (non-hydrogen) atoms. The number of hydrogen-bond donors (Lipinski definition) is 1. The Kier molecular flexibility index (Phi) is 6.33. The number of pyridine rings is 1. The molecule has 1 fully saturated rings. The van der Waals surface area contributed by atoms with Crippen LogP contribution in [-0.4, -0.2) is 43.4 Å². The van der Waals surface area contributed by atoms with Crippen LogP contribution >= 0.6 is 0 Å². The molecule has 1 atom stereocenters. The highest BCUT2D eigenvalue weighted by Gasteiger charge is 2.21. The Morgan fingerprint density at radius 3 is 2.72 bits per heavy atom. The summed E-state index contributed by atoms with van der Waals surface area (Å²) in [6.45, 7) is 2.83. The summed E-state index contributed by atoms with van der Waals surface area (Å²) in [5.41, 5.74) is 0.919. The van der Waals surface area contributed by atoms with Crippen molar-refractivity contribution in [3.05, 3.63) is 57.5 Å². The third kappa shape index (κ3) is 4.48. The van der Waals surface area contributed by atoms with E-state index in [1.165, 1.54) is 30.9 Å². The predicted octanol–water partition coefficient (Wildman–Crippen LogP) is 2.38.